The summed E-state index contributed by atoms with van der Waals surface area (Å²) in [6.45, 7) is 1.60. The Kier molecular flexibility index (Phi) is 4.71. The van der Waals surface area contributed by atoms with Crippen LogP contribution in [0.2, 0.25) is 0 Å². The van der Waals surface area contributed by atoms with Crippen molar-refractivity contribution in [2.75, 3.05) is 21.3 Å². The number of carbonyl (C=O) groups is 2. The normalized spacial score (nSPS) is 9.78. The highest BCUT2D eigenvalue weighted by Crippen LogP contribution is 2.27. The molecule has 0 aromatic heterocycles. The molecule has 5 nitrogen and oxygen atoms in total. The number of rotatable bonds is 5. The molecule has 0 spiro atoms. The van der Waals surface area contributed by atoms with Gasteiger partial charge in [-0.1, -0.05) is 6.07 Å². The molecule has 0 N–H and O–H groups in total. The summed E-state index contributed by atoms with van der Waals surface area (Å²) in [5.41, 5.74) is 0.866. The lowest BCUT2D eigenvalue weighted by molar-refractivity contribution is -0.143. The smallest absolute Gasteiger partial charge is 0.289 e. The summed E-state index contributed by atoms with van der Waals surface area (Å²) in [5.74, 6) is 0.239. The first-order valence-electron chi connectivity index (χ1n) is 5.46. The van der Waals surface area contributed by atoms with E-state index in [-0.39, 0.29) is 0 Å². The van der Waals surface area contributed by atoms with Gasteiger partial charge in [-0.15, -0.1) is 0 Å². The summed E-state index contributed by atoms with van der Waals surface area (Å²) >= 11 is 0. The maximum atomic E-state index is 11.4. The van der Waals surface area contributed by atoms with E-state index < -0.39 is 11.7 Å². The zero-order chi connectivity index (χ0) is 13.7. The Morgan fingerprint density at radius 3 is 2.28 bits per heavy atom. The topological polar surface area (TPSA) is 55.8 Å². The van der Waals surface area contributed by atoms with Crippen molar-refractivity contribution >= 4 is 11.7 Å². The fourth-order valence-electron chi connectivity index (χ4n) is 1.59. The molecule has 1 aromatic carbocycles. The lowest BCUT2D eigenvalue weighted by Gasteiger charge is -2.16. The molecule has 0 atom stereocenters. The van der Waals surface area contributed by atoms with Crippen LogP contribution in [0.3, 0.4) is 0 Å². The van der Waals surface area contributed by atoms with Crippen LogP contribution in [-0.2, 0) is 16.1 Å². The zero-order valence-electron chi connectivity index (χ0n) is 11.0. The first-order valence-corrected chi connectivity index (χ1v) is 5.46. The lowest BCUT2D eigenvalue weighted by atomic mass is 10.2. The van der Waals surface area contributed by atoms with Gasteiger partial charge in [0.2, 0.25) is 5.78 Å². The molecule has 1 aromatic rings. The molecule has 1 rings (SSSR count). The summed E-state index contributed by atoms with van der Waals surface area (Å²) in [4.78, 5) is 23.8. The number of Topliss-reactive ketones (excluding diaryl/α,β-unsaturated/α-hetero) is 1. The molecular formula is C13H17NO4. The summed E-state index contributed by atoms with van der Waals surface area (Å²) < 4.78 is 10.3. The van der Waals surface area contributed by atoms with Crippen LogP contribution in [-0.4, -0.2) is 37.9 Å². The monoisotopic (exact) mass is 251 g/mol. The van der Waals surface area contributed by atoms with Gasteiger partial charge < -0.3 is 14.4 Å². The Labute approximate surface area is 106 Å². The van der Waals surface area contributed by atoms with Crippen molar-refractivity contribution < 1.29 is 19.1 Å². The van der Waals surface area contributed by atoms with Crippen LogP contribution in [0.25, 0.3) is 0 Å². The number of hydrogen-bond acceptors (Lipinski definition) is 4. The number of methoxy groups -OCH3 is 2. The van der Waals surface area contributed by atoms with E-state index in [1.54, 1.807) is 33.4 Å². The fourth-order valence-corrected chi connectivity index (χ4v) is 1.59. The summed E-state index contributed by atoms with van der Waals surface area (Å²) in [7, 11) is 4.69. The first kappa shape index (κ1) is 14.0. The predicted molar refractivity (Wildman–Crippen MR) is 66.7 cm³/mol. The molecule has 1 amide bonds. The van der Waals surface area contributed by atoms with E-state index >= 15 is 0 Å². The Morgan fingerprint density at radius 1 is 1.17 bits per heavy atom. The van der Waals surface area contributed by atoms with Crippen LogP contribution in [0.1, 0.15) is 12.5 Å². The number of ketones is 1. The second-order valence-electron chi connectivity index (χ2n) is 3.91. The number of nitrogens with zero attached hydrogens (tertiary/aromatic N) is 1. The van der Waals surface area contributed by atoms with E-state index in [1.165, 1.54) is 11.8 Å². The number of ether oxygens (including phenoxy) is 2. The van der Waals surface area contributed by atoms with Crippen molar-refractivity contribution in [3.63, 3.8) is 0 Å². The largest absolute Gasteiger partial charge is 0.493 e. The molecule has 0 aliphatic rings. The molecule has 0 aliphatic carbocycles. The minimum atomic E-state index is -0.509. The van der Waals surface area contributed by atoms with Crippen molar-refractivity contribution in [3.05, 3.63) is 23.8 Å². The van der Waals surface area contributed by atoms with Crippen molar-refractivity contribution in [2.24, 2.45) is 0 Å². The van der Waals surface area contributed by atoms with E-state index in [9.17, 15) is 9.59 Å². The van der Waals surface area contributed by atoms with Crippen LogP contribution in [0.4, 0.5) is 0 Å². The number of hydrogen-bond donors (Lipinski definition) is 0. The molecule has 0 fully saturated rings. The number of likely N-dealkylation sites (N-methyl/N-ethyl adjacent to an activating group) is 1. The minimum absolute atomic E-state index is 0.346. The second-order valence-corrected chi connectivity index (χ2v) is 3.91. The van der Waals surface area contributed by atoms with E-state index in [1.807, 2.05) is 6.07 Å². The van der Waals surface area contributed by atoms with Gasteiger partial charge in [-0.25, -0.2) is 0 Å². The molecule has 98 valence electrons. The molecule has 0 bridgehead atoms. The van der Waals surface area contributed by atoms with Gasteiger partial charge in [0.25, 0.3) is 5.91 Å². The fraction of sp³-hybridized carbons (Fsp3) is 0.385. The quantitative estimate of drug-likeness (QED) is 0.739. The lowest BCUT2D eigenvalue weighted by Crippen LogP contribution is -2.31. The SMILES string of the molecule is COc1ccc(CN(C)C(=O)C(C)=O)cc1OC. The highest BCUT2D eigenvalue weighted by atomic mass is 16.5. The van der Waals surface area contributed by atoms with Crippen LogP contribution in [0.15, 0.2) is 18.2 Å². The first-order chi connectivity index (χ1) is 8.49. The van der Waals surface area contributed by atoms with Crippen molar-refractivity contribution in [3.8, 4) is 11.5 Å². The maximum absolute atomic E-state index is 11.4. The van der Waals surface area contributed by atoms with Crippen LogP contribution in [0.5, 0.6) is 11.5 Å². The molecule has 0 radical (unpaired) electrons. The standard InChI is InChI=1S/C13H17NO4/c1-9(15)13(16)14(2)8-10-5-6-11(17-3)12(7-10)18-4/h5-7H,8H2,1-4H3. The van der Waals surface area contributed by atoms with Gasteiger partial charge in [-0.05, 0) is 17.7 Å². The van der Waals surface area contributed by atoms with Crippen molar-refractivity contribution in [1.29, 1.82) is 0 Å². The molecule has 0 heterocycles. The average Bonchev–Trinajstić information content (AvgIpc) is 2.37. The highest BCUT2D eigenvalue weighted by molar-refractivity contribution is 6.34. The molecule has 0 saturated heterocycles. The molecular weight excluding hydrogens is 234 g/mol. The summed E-state index contributed by atoms with van der Waals surface area (Å²) in [6, 6.07) is 5.37. The van der Waals surface area contributed by atoms with Crippen LogP contribution < -0.4 is 9.47 Å². The van der Waals surface area contributed by atoms with Crippen molar-refractivity contribution in [1.82, 2.24) is 4.90 Å². The third-order valence-electron chi connectivity index (χ3n) is 2.52. The van der Waals surface area contributed by atoms with Gasteiger partial charge in [0.15, 0.2) is 11.5 Å². The Balaban J connectivity index is 2.85. The Bertz CT molecular complexity index is 456. The van der Waals surface area contributed by atoms with E-state index in [4.69, 9.17) is 9.47 Å². The predicted octanol–water partition coefficient (Wildman–Crippen LogP) is 1.25. The number of carbonyl (C=O) groups excluding carboxylic acids is 2. The van der Waals surface area contributed by atoms with E-state index in [0.717, 1.165) is 5.56 Å². The maximum Gasteiger partial charge on any atom is 0.289 e. The molecule has 18 heavy (non-hydrogen) atoms. The van der Waals surface area contributed by atoms with E-state index in [0.29, 0.717) is 18.0 Å². The minimum Gasteiger partial charge on any atom is -0.493 e. The zero-order valence-corrected chi connectivity index (χ0v) is 11.0. The van der Waals surface area contributed by atoms with Gasteiger partial charge in [0.1, 0.15) is 0 Å². The van der Waals surface area contributed by atoms with Gasteiger partial charge in [0.05, 0.1) is 14.2 Å². The van der Waals surface area contributed by atoms with Gasteiger partial charge >= 0.3 is 0 Å². The number of benzene rings is 1. The Morgan fingerprint density at radius 2 is 1.78 bits per heavy atom. The average molecular weight is 251 g/mol. The van der Waals surface area contributed by atoms with Gasteiger partial charge in [0, 0.05) is 20.5 Å². The van der Waals surface area contributed by atoms with Crippen molar-refractivity contribution in [2.45, 2.75) is 13.5 Å². The van der Waals surface area contributed by atoms with E-state index in [2.05, 4.69) is 0 Å². The number of amides is 1. The molecule has 5 heteroatoms. The molecule has 0 unspecified atom stereocenters. The highest BCUT2D eigenvalue weighted by Gasteiger charge is 2.14. The third kappa shape index (κ3) is 3.23. The Hall–Kier alpha value is -2.04. The van der Waals surface area contributed by atoms with Crippen LogP contribution in [0, 0.1) is 0 Å². The summed E-state index contributed by atoms with van der Waals surface area (Å²) in [5, 5.41) is 0. The van der Waals surface area contributed by atoms with Gasteiger partial charge in [-0.2, -0.15) is 0 Å². The summed E-state index contributed by atoms with van der Waals surface area (Å²) in [6.07, 6.45) is 0. The van der Waals surface area contributed by atoms with Gasteiger partial charge in [-0.3, -0.25) is 9.59 Å². The molecule has 0 saturated carbocycles. The molecule has 0 aliphatic heterocycles. The second kappa shape index (κ2) is 6.05. The van der Waals surface area contributed by atoms with Crippen LogP contribution >= 0.6 is 0 Å². The third-order valence-corrected chi connectivity index (χ3v) is 2.52.